The second kappa shape index (κ2) is 7.90. The normalized spacial score (nSPS) is 15.9. The Labute approximate surface area is 167 Å². The molecule has 1 aliphatic heterocycles. The summed E-state index contributed by atoms with van der Waals surface area (Å²) < 4.78 is 5.72. The zero-order valence-corrected chi connectivity index (χ0v) is 16.5. The summed E-state index contributed by atoms with van der Waals surface area (Å²) in [5, 5.41) is 2.59. The number of nitrogens with zero attached hydrogens (tertiary/aromatic N) is 2. The Hall–Kier alpha value is -3.06. The number of nitrogens with one attached hydrogen (secondary N) is 1. The number of aryl methyl sites for hydroxylation is 1. The number of barbiturate groups is 1. The standard InChI is InChI=1S/C20H20ClN3O4/c1-4-23(5-2)17-9-8-14(28-17)11-15-18(25)22-20(27)24(19(15)26)13-7-6-12(3)16(21)10-13/h6-11H,4-5H2,1-3H3,(H,22,25,27)/b15-11+. The Balaban J connectivity index is 1.95. The zero-order chi connectivity index (χ0) is 20.4. The topological polar surface area (TPSA) is 82.9 Å². The number of halogens is 1. The zero-order valence-electron chi connectivity index (χ0n) is 15.8. The van der Waals surface area contributed by atoms with E-state index in [-0.39, 0.29) is 11.3 Å². The van der Waals surface area contributed by atoms with Crippen molar-refractivity contribution < 1.29 is 18.8 Å². The third-order valence-corrected chi connectivity index (χ3v) is 4.90. The molecule has 0 bridgehead atoms. The van der Waals surface area contributed by atoms with Gasteiger partial charge in [0.1, 0.15) is 11.3 Å². The van der Waals surface area contributed by atoms with Gasteiger partial charge in [-0.15, -0.1) is 0 Å². The molecular formula is C20H20ClN3O4. The molecule has 1 aliphatic rings. The average Bonchev–Trinajstić information content (AvgIpc) is 3.11. The maximum absolute atomic E-state index is 12.9. The number of rotatable bonds is 5. The van der Waals surface area contributed by atoms with Gasteiger partial charge in [-0.3, -0.25) is 14.9 Å². The molecule has 146 valence electrons. The van der Waals surface area contributed by atoms with Gasteiger partial charge in [0, 0.05) is 24.2 Å². The first-order chi connectivity index (χ1) is 13.3. The van der Waals surface area contributed by atoms with Crippen molar-refractivity contribution in [1.29, 1.82) is 0 Å². The van der Waals surface area contributed by atoms with Crippen LogP contribution in [-0.2, 0) is 9.59 Å². The number of furan rings is 1. The van der Waals surface area contributed by atoms with Crippen molar-refractivity contribution in [3.63, 3.8) is 0 Å². The van der Waals surface area contributed by atoms with Gasteiger partial charge in [0.2, 0.25) is 0 Å². The molecule has 28 heavy (non-hydrogen) atoms. The van der Waals surface area contributed by atoms with Gasteiger partial charge in [0.05, 0.1) is 5.69 Å². The molecule has 0 saturated carbocycles. The van der Waals surface area contributed by atoms with Crippen molar-refractivity contribution in [3.8, 4) is 0 Å². The summed E-state index contributed by atoms with van der Waals surface area (Å²) in [7, 11) is 0. The largest absolute Gasteiger partial charge is 0.441 e. The Morgan fingerprint density at radius 1 is 1.14 bits per heavy atom. The molecule has 4 amide bonds. The number of hydrogen-bond donors (Lipinski definition) is 1. The minimum atomic E-state index is -0.824. The first-order valence-corrected chi connectivity index (χ1v) is 9.25. The molecule has 1 N–H and O–H groups in total. The van der Waals surface area contributed by atoms with E-state index in [1.807, 2.05) is 25.7 Å². The molecule has 0 spiro atoms. The number of carbonyl (C=O) groups excluding carboxylic acids is 3. The number of anilines is 2. The van der Waals surface area contributed by atoms with Crippen LogP contribution in [0.4, 0.5) is 16.4 Å². The molecule has 7 nitrogen and oxygen atoms in total. The molecule has 2 aromatic rings. The summed E-state index contributed by atoms with van der Waals surface area (Å²) in [4.78, 5) is 40.3. The lowest BCUT2D eigenvalue weighted by atomic mass is 10.1. The van der Waals surface area contributed by atoms with Crippen molar-refractivity contribution in [2.75, 3.05) is 22.9 Å². The van der Waals surface area contributed by atoms with Crippen molar-refractivity contribution >= 4 is 47.1 Å². The Morgan fingerprint density at radius 3 is 2.50 bits per heavy atom. The Bertz CT molecular complexity index is 976. The molecule has 3 rings (SSSR count). The lowest BCUT2D eigenvalue weighted by molar-refractivity contribution is -0.122. The molecule has 0 aliphatic carbocycles. The molecule has 1 aromatic carbocycles. The van der Waals surface area contributed by atoms with Crippen LogP contribution >= 0.6 is 11.6 Å². The maximum atomic E-state index is 12.9. The SMILES string of the molecule is CCN(CC)c1ccc(/C=C2\C(=O)NC(=O)N(c3ccc(C)c(Cl)c3)C2=O)o1. The second-order valence-electron chi connectivity index (χ2n) is 6.24. The van der Waals surface area contributed by atoms with E-state index in [4.69, 9.17) is 16.0 Å². The van der Waals surface area contributed by atoms with Crippen molar-refractivity contribution in [2.45, 2.75) is 20.8 Å². The second-order valence-corrected chi connectivity index (χ2v) is 6.65. The van der Waals surface area contributed by atoms with Crippen LogP contribution in [-0.4, -0.2) is 30.9 Å². The van der Waals surface area contributed by atoms with E-state index in [0.29, 0.717) is 16.7 Å². The first kappa shape index (κ1) is 19.7. The number of imide groups is 2. The number of benzene rings is 1. The highest BCUT2D eigenvalue weighted by molar-refractivity contribution is 6.39. The van der Waals surface area contributed by atoms with E-state index in [9.17, 15) is 14.4 Å². The predicted octanol–water partition coefficient (Wildman–Crippen LogP) is 3.75. The fourth-order valence-electron chi connectivity index (χ4n) is 2.88. The van der Waals surface area contributed by atoms with E-state index >= 15 is 0 Å². The monoisotopic (exact) mass is 401 g/mol. The number of hydrogen-bond acceptors (Lipinski definition) is 5. The van der Waals surface area contributed by atoms with Gasteiger partial charge in [-0.2, -0.15) is 0 Å². The van der Waals surface area contributed by atoms with Crippen LogP contribution in [0.1, 0.15) is 25.2 Å². The summed E-state index contributed by atoms with van der Waals surface area (Å²) >= 11 is 6.11. The first-order valence-electron chi connectivity index (χ1n) is 8.88. The average molecular weight is 402 g/mol. The summed E-state index contributed by atoms with van der Waals surface area (Å²) in [6.45, 7) is 7.33. The van der Waals surface area contributed by atoms with Gasteiger partial charge in [0.25, 0.3) is 11.8 Å². The number of carbonyl (C=O) groups is 3. The van der Waals surface area contributed by atoms with Crippen LogP contribution in [0.25, 0.3) is 6.08 Å². The van der Waals surface area contributed by atoms with Crippen molar-refractivity contribution in [2.24, 2.45) is 0 Å². The van der Waals surface area contributed by atoms with Crippen LogP contribution in [0.5, 0.6) is 0 Å². The summed E-state index contributed by atoms with van der Waals surface area (Å²) in [6.07, 6.45) is 1.33. The summed E-state index contributed by atoms with van der Waals surface area (Å²) in [6, 6.07) is 7.42. The third kappa shape index (κ3) is 3.66. The van der Waals surface area contributed by atoms with E-state index in [2.05, 4.69) is 5.32 Å². The summed E-state index contributed by atoms with van der Waals surface area (Å²) in [5.74, 6) is -0.532. The number of urea groups is 1. The molecular weight excluding hydrogens is 382 g/mol. The molecule has 1 saturated heterocycles. The fourth-order valence-corrected chi connectivity index (χ4v) is 3.05. The molecule has 0 atom stereocenters. The van der Waals surface area contributed by atoms with Crippen LogP contribution in [0, 0.1) is 6.92 Å². The molecule has 0 radical (unpaired) electrons. The molecule has 8 heteroatoms. The maximum Gasteiger partial charge on any atom is 0.335 e. The van der Waals surface area contributed by atoms with Crippen LogP contribution in [0.3, 0.4) is 0 Å². The van der Waals surface area contributed by atoms with Crippen LogP contribution < -0.4 is 15.1 Å². The Morgan fingerprint density at radius 2 is 1.86 bits per heavy atom. The van der Waals surface area contributed by atoms with E-state index in [1.165, 1.54) is 12.1 Å². The third-order valence-electron chi connectivity index (χ3n) is 4.49. The molecule has 0 unspecified atom stereocenters. The highest BCUT2D eigenvalue weighted by Gasteiger charge is 2.37. The van der Waals surface area contributed by atoms with E-state index in [0.717, 1.165) is 23.6 Å². The molecule has 2 heterocycles. The number of amides is 4. The van der Waals surface area contributed by atoms with E-state index in [1.54, 1.807) is 24.3 Å². The van der Waals surface area contributed by atoms with Gasteiger partial charge in [0.15, 0.2) is 5.88 Å². The lowest BCUT2D eigenvalue weighted by Gasteiger charge is -2.26. The Kier molecular flexibility index (Phi) is 5.56. The smallest absolute Gasteiger partial charge is 0.335 e. The van der Waals surface area contributed by atoms with Gasteiger partial charge in [-0.05, 0) is 50.6 Å². The van der Waals surface area contributed by atoms with Crippen LogP contribution in [0.15, 0.2) is 40.3 Å². The quantitative estimate of drug-likeness (QED) is 0.609. The van der Waals surface area contributed by atoms with Crippen molar-refractivity contribution in [1.82, 2.24) is 5.32 Å². The lowest BCUT2D eigenvalue weighted by Crippen LogP contribution is -2.54. The fraction of sp³-hybridized carbons (Fsp3) is 0.250. The minimum absolute atomic E-state index is 0.197. The minimum Gasteiger partial charge on any atom is -0.441 e. The summed E-state index contributed by atoms with van der Waals surface area (Å²) in [5.41, 5.74) is 0.887. The van der Waals surface area contributed by atoms with Crippen LogP contribution in [0.2, 0.25) is 5.02 Å². The van der Waals surface area contributed by atoms with Crippen molar-refractivity contribution in [3.05, 3.63) is 52.3 Å². The molecule has 1 fully saturated rings. The van der Waals surface area contributed by atoms with Gasteiger partial charge in [-0.25, -0.2) is 9.69 Å². The predicted molar refractivity (Wildman–Crippen MR) is 107 cm³/mol. The van der Waals surface area contributed by atoms with E-state index < -0.39 is 17.8 Å². The highest BCUT2D eigenvalue weighted by atomic mass is 35.5. The van der Waals surface area contributed by atoms with Gasteiger partial charge >= 0.3 is 6.03 Å². The molecule has 1 aromatic heterocycles. The van der Waals surface area contributed by atoms with Gasteiger partial charge in [-0.1, -0.05) is 17.7 Å². The van der Waals surface area contributed by atoms with Gasteiger partial charge < -0.3 is 9.32 Å². The highest BCUT2D eigenvalue weighted by Crippen LogP contribution is 2.27.